The van der Waals surface area contributed by atoms with Gasteiger partial charge in [0.15, 0.2) is 29.0 Å². The molecular weight excluding hydrogens is 478 g/mol. The van der Waals surface area contributed by atoms with Crippen LogP contribution in [0.4, 0.5) is 0 Å². The number of aromatic hydroxyl groups is 4. The second-order valence-electron chi connectivity index (χ2n) is 9.07. The summed E-state index contributed by atoms with van der Waals surface area (Å²) in [5.74, 6) is -1.83. The lowest BCUT2D eigenvalue weighted by atomic mass is 10.1. The van der Waals surface area contributed by atoms with Crippen LogP contribution in [0.3, 0.4) is 0 Å². The van der Waals surface area contributed by atoms with Gasteiger partial charge in [-0.1, -0.05) is 44.2 Å². The molecule has 2 aromatic carbocycles. The van der Waals surface area contributed by atoms with Crippen molar-refractivity contribution in [1.29, 1.82) is 0 Å². The summed E-state index contributed by atoms with van der Waals surface area (Å²) in [6, 6.07) is 8.07. The zero-order valence-corrected chi connectivity index (χ0v) is 20.9. The molecule has 10 heteroatoms. The number of para-hydroxylation sites is 2. The number of unbranched alkanes of at least 4 members (excludes halogenated alkanes) is 6. The molecule has 1 aliphatic rings. The normalized spacial score (nSPS) is 16.6. The molecule has 1 aliphatic heterocycles. The third kappa shape index (κ3) is 7.52. The fraction of sp³-hybridized carbons (Fsp3) is 0.444. The lowest BCUT2D eigenvalue weighted by Crippen LogP contribution is -2.38. The molecule has 0 fully saturated rings. The van der Waals surface area contributed by atoms with E-state index in [-0.39, 0.29) is 40.2 Å². The summed E-state index contributed by atoms with van der Waals surface area (Å²) in [6.07, 6.45) is 6.29. The number of nitrogens with one attached hydrogen (secondary N) is 2. The molecule has 10 nitrogen and oxygen atoms in total. The molecule has 200 valence electrons. The number of rotatable bonds is 13. The van der Waals surface area contributed by atoms with Crippen molar-refractivity contribution in [2.45, 2.75) is 64.0 Å². The maximum atomic E-state index is 12.5. The van der Waals surface area contributed by atoms with Gasteiger partial charge in [0.05, 0.1) is 11.1 Å². The van der Waals surface area contributed by atoms with E-state index < -0.39 is 23.8 Å². The predicted molar refractivity (Wildman–Crippen MR) is 138 cm³/mol. The Kier molecular flexibility index (Phi) is 10.00. The van der Waals surface area contributed by atoms with Gasteiger partial charge in [0.25, 0.3) is 5.91 Å². The Bertz CT molecular complexity index is 1120. The summed E-state index contributed by atoms with van der Waals surface area (Å²) in [6.45, 7) is 2.78. The van der Waals surface area contributed by atoms with Crippen LogP contribution in [0, 0.1) is 0 Å². The molecule has 2 amide bonds. The van der Waals surface area contributed by atoms with Crippen LogP contribution in [0.1, 0.15) is 67.8 Å². The molecule has 0 saturated heterocycles. The second-order valence-corrected chi connectivity index (χ2v) is 9.07. The first-order chi connectivity index (χ1) is 17.8. The van der Waals surface area contributed by atoms with Gasteiger partial charge in [0.1, 0.15) is 6.10 Å². The minimum atomic E-state index is -0.714. The van der Waals surface area contributed by atoms with E-state index >= 15 is 0 Å². The molecular formula is C27H35N3O7. The number of nitrogens with zero attached hydrogens (tertiary/aromatic N) is 1. The summed E-state index contributed by atoms with van der Waals surface area (Å²) in [7, 11) is 0. The number of ether oxygens (including phenoxy) is 1. The quantitative estimate of drug-likeness (QED) is 0.177. The lowest BCUT2D eigenvalue weighted by molar-refractivity contribution is -0.123. The van der Waals surface area contributed by atoms with Gasteiger partial charge in [-0.05, 0) is 44.0 Å². The average Bonchev–Trinajstić information content (AvgIpc) is 3.26. The predicted octanol–water partition coefficient (Wildman–Crippen LogP) is 3.32. The van der Waals surface area contributed by atoms with Crippen LogP contribution in [-0.2, 0) is 9.53 Å². The van der Waals surface area contributed by atoms with Crippen LogP contribution in [0.25, 0.3) is 0 Å². The van der Waals surface area contributed by atoms with Crippen molar-refractivity contribution in [2.24, 2.45) is 4.99 Å². The van der Waals surface area contributed by atoms with Crippen molar-refractivity contribution in [3.63, 3.8) is 0 Å². The Hall–Kier alpha value is -3.95. The van der Waals surface area contributed by atoms with Gasteiger partial charge < -0.3 is 35.8 Å². The third-order valence-electron chi connectivity index (χ3n) is 6.21. The van der Waals surface area contributed by atoms with E-state index in [9.17, 15) is 30.0 Å². The molecule has 1 heterocycles. The van der Waals surface area contributed by atoms with Gasteiger partial charge in [-0.3, -0.25) is 9.59 Å². The van der Waals surface area contributed by atoms with Crippen molar-refractivity contribution in [3.8, 4) is 23.0 Å². The monoisotopic (exact) mass is 513 g/mol. The van der Waals surface area contributed by atoms with Crippen molar-refractivity contribution < 1.29 is 34.8 Å². The molecule has 0 radical (unpaired) electrons. The average molecular weight is 514 g/mol. The highest BCUT2D eigenvalue weighted by molar-refractivity contribution is 6.01. The minimum absolute atomic E-state index is 0.0602. The summed E-state index contributed by atoms with van der Waals surface area (Å²) in [5.41, 5.74) is 0.310. The van der Waals surface area contributed by atoms with Gasteiger partial charge in [-0.15, -0.1) is 0 Å². The standard InChI is InChI=1S/C27H35N3O7/c1-17-22(30-27(37-17)19-12-10-14-21(32)24(19)34)26(36)29-16-8-6-4-2-3-5-7-15-28-25(35)18-11-9-13-20(31)23(18)33/h9-14,17,22,31-34H,2-8,15-16H2,1H3,(H,28,35)(H,29,36)/t17?,22-/m0/s1. The molecule has 0 aromatic heterocycles. The fourth-order valence-corrected chi connectivity index (χ4v) is 4.07. The molecule has 0 saturated carbocycles. The Labute approximate surface area is 216 Å². The number of hydrogen-bond acceptors (Lipinski definition) is 8. The zero-order chi connectivity index (χ0) is 26.8. The maximum absolute atomic E-state index is 12.5. The molecule has 1 unspecified atom stereocenters. The summed E-state index contributed by atoms with van der Waals surface area (Å²) in [4.78, 5) is 28.9. The number of benzene rings is 2. The molecule has 2 atom stereocenters. The number of amides is 2. The molecule has 0 aliphatic carbocycles. The van der Waals surface area contributed by atoms with Gasteiger partial charge in [-0.25, -0.2) is 4.99 Å². The van der Waals surface area contributed by atoms with Gasteiger partial charge >= 0.3 is 0 Å². The maximum Gasteiger partial charge on any atom is 0.255 e. The number of phenolic OH excluding ortho intramolecular Hbond substituents is 4. The highest BCUT2D eigenvalue weighted by Gasteiger charge is 2.34. The number of hydrogen-bond donors (Lipinski definition) is 6. The molecule has 0 bridgehead atoms. The molecule has 37 heavy (non-hydrogen) atoms. The van der Waals surface area contributed by atoms with Crippen LogP contribution < -0.4 is 10.6 Å². The second kappa shape index (κ2) is 13.4. The Morgan fingerprint density at radius 2 is 1.38 bits per heavy atom. The first kappa shape index (κ1) is 27.6. The Morgan fingerprint density at radius 1 is 0.811 bits per heavy atom. The van der Waals surface area contributed by atoms with E-state index in [4.69, 9.17) is 4.74 Å². The van der Waals surface area contributed by atoms with Crippen LogP contribution in [0.15, 0.2) is 41.4 Å². The van der Waals surface area contributed by atoms with E-state index in [0.717, 1.165) is 44.9 Å². The van der Waals surface area contributed by atoms with E-state index in [2.05, 4.69) is 15.6 Å². The van der Waals surface area contributed by atoms with Crippen LogP contribution in [0.2, 0.25) is 0 Å². The smallest absolute Gasteiger partial charge is 0.255 e. The SMILES string of the molecule is CC1OC(c2cccc(O)c2O)=N[C@@H]1C(=O)NCCCCCCCCCNC(=O)c1cccc(O)c1O. The summed E-state index contributed by atoms with van der Waals surface area (Å²) >= 11 is 0. The molecule has 6 N–H and O–H groups in total. The number of aliphatic imine (C=N–C) groups is 1. The van der Waals surface area contributed by atoms with Crippen molar-refractivity contribution in [1.82, 2.24) is 10.6 Å². The largest absolute Gasteiger partial charge is 0.504 e. The van der Waals surface area contributed by atoms with E-state index in [0.29, 0.717) is 13.1 Å². The summed E-state index contributed by atoms with van der Waals surface area (Å²) in [5, 5.41) is 44.5. The molecule has 3 rings (SSSR count). The highest BCUT2D eigenvalue weighted by atomic mass is 16.5. The lowest BCUT2D eigenvalue weighted by Gasteiger charge is -2.13. The van der Waals surface area contributed by atoms with Crippen molar-refractivity contribution in [2.75, 3.05) is 13.1 Å². The molecule has 2 aromatic rings. The fourth-order valence-electron chi connectivity index (χ4n) is 4.07. The summed E-state index contributed by atoms with van der Waals surface area (Å²) < 4.78 is 5.64. The van der Waals surface area contributed by atoms with Crippen molar-refractivity contribution in [3.05, 3.63) is 47.5 Å². The van der Waals surface area contributed by atoms with Crippen LogP contribution >= 0.6 is 0 Å². The van der Waals surface area contributed by atoms with Crippen LogP contribution in [0.5, 0.6) is 23.0 Å². The third-order valence-corrected chi connectivity index (χ3v) is 6.21. The van der Waals surface area contributed by atoms with E-state index in [1.807, 2.05) is 0 Å². The highest BCUT2D eigenvalue weighted by Crippen LogP contribution is 2.31. The van der Waals surface area contributed by atoms with E-state index in [1.165, 1.54) is 24.3 Å². The Balaban J connectivity index is 1.24. The Morgan fingerprint density at radius 3 is 2.05 bits per heavy atom. The first-order valence-corrected chi connectivity index (χ1v) is 12.6. The number of phenols is 4. The minimum Gasteiger partial charge on any atom is -0.504 e. The molecule has 0 spiro atoms. The van der Waals surface area contributed by atoms with Crippen molar-refractivity contribution >= 4 is 17.7 Å². The van der Waals surface area contributed by atoms with Gasteiger partial charge in [0.2, 0.25) is 11.8 Å². The first-order valence-electron chi connectivity index (χ1n) is 12.6. The zero-order valence-electron chi connectivity index (χ0n) is 20.9. The number of carbonyl (C=O) groups excluding carboxylic acids is 2. The van der Waals surface area contributed by atoms with Crippen LogP contribution in [-0.4, -0.2) is 63.4 Å². The number of carbonyl (C=O) groups is 2. The topological polar surface area (TPSA) is 161 Å². The van der Waals surface area contributed by atoms with Gasteiger partial charge in [0, 0.05) is 13.1 Å². The van der Waals surface area contributed by atoms with E-state index in [1.54, 1.807) is 19.1 Å². The van der Waals surface area contributed by atoms with Gasteiger partial charge in [-0.2, -0.15) is 0 Å².